The maximum atomic E-state index is 12.3. The van der Waals surface area contributed by atoms with E-state index < -0.39 is 9.84 Å². The van der Waals surface area contributed by atoms with Crippen molar-refractivity contribution in [3.05, 3.63) is 56.6 Å². The molecule has 2 aromatic rings. The lowest BCUT2D eigenvalue weighted by Crippen LogP contribution is -2.06. The predicted octanol–water partition coefficient (Wildman–Crippen LogP) is 3.50. The van der Waals surface area contributed by atoms with Crippen LogP contribution in [0.3, 0.4) is 0 Å². The van der Waals surface area contributed by atoms with E-state index in [0.717, 1.165) is 9.13 Å². The smallest absolute Gasteiger partial charge is 0.184 e. The fourth-order valence-electron chi connectivity index (χ4n) is 1.64. The minimum absolute atomic E-state index is 0.0766. The number of halogens is 2. The summed E-state index contributed by atoms with van der Waals surface area (Å²) in [4.78, 5) is 0.0766. The predicted molar refractivity (Wildman–Crippen MR) is 85.9 cm³/mol. The normalized spacial score (nSPS) is 11.5. The zero-order valence-electron chi connectivity index (χ0n) is 9.81. The van der Waals surface area contributed by atoms with Crippen LogP contribution in [0.15, 0.2) is 47.4 Å². The first-order valence-corrected chi connectivity index (χ1v) is 8.51. The molecule has 0 aromatic heterocycles. The van der Waals surface area contributed by atoms with Crippen molar-refractivity contribution >= 4 is 49.7 Å². The van der Waals surface area contributed by atoms with Crippen LogP contribution in [0.4, 0.5) is 5.69 Å². The van der Waals surface area contributed by atoms with E-state index in [1.54, 1.807) is 18.2 Å². The Labute approximate surface area is 130 Å². The largest absolute Gasteiger partial charge is 0.399 e. The van der Waals surface area contributed by atoms with E-state index in [4.69, 9.17) is 17.3 Å². The van der Waals surface area contributed by atoms with Gasteiger partial charge in [0, 0.05) is 9.26 Å². The van der Waals surface area contributed by atoms with Crippen LogP contribution >= 0.6 is 34.2 Å². The molecule has 0 bridgehead atoms. The van der Waals surface area contributed by atoms with Gasteiger partial charge in [0.05, 0.1) is 15.7 Å². The molecule has 6 heteroatoms. The van der Waals surface area contributed by atoms with Gasteiger partial charge in [-0.05, 0) is 58.5 Å². The van der Waals surface area contributed by atoms with Gasteiger partial charge in [-0.2, -0.15) is 0 Å². The van der Waals surface area contributed by atoms with Crippen LogP contribution in [0, 0.1) is 3.57 Å². The molecule has 0 saturated heterocycles. The summed E-state index contributed by atoms with van der Waals surface area (Å²) in [5.41, 5.74) is 6.71. The molecule has 0 radical (unpaired) electrons. The Balaban J connectivity index is 2.37. The summed E-state index contributed by atoms with van der Waals surface area (Å²) in [5, 5.41) is 0.194. The van der Waals surface area contributed by atoms with Gasteiger partial charge in [0.25, 0.3) is 0 Å². The molecule has 2 N–H and O–H groups in total. The summed E-state index contributed by atoms with van der Waals surface area (Å²) in [7, 11) is -3.49. The summed E-state index contributed by atoms with van der Waals surface area (Å²) < 4.78 is 25.7. The molecule has 0 unspecified atom stereocenters. The number of benzene rings is 2. The van der Waals surface area contributed by atoms with Gasteiger partial charge in [0.2, 0.25) is 0 Å². The number of hydrogen-bond acceptors (Lipinski definition) is 3. The highest BCUT2D eigenvalue weighted by atomic mass is 127. The quantitative estimate of drug-likeness (QED) is 0.626. The van der Waals surface area contributed by atoms with Crippen LogP contribution in [-0.4, -0.2) is 8.42 Å². The van der Waals surface area contributed by atoms with Gasteiger partial charge in [-0.25, -0.2) is 8.42 Å². The van der Waals surface area contributed by atoms with Crippen molar-refractivity contribution in [3.8, 4) is 0 Å². The Kier molecular flexibility index (Phi) is 4.37. The second-order valence-electron chi connectivity index (χ2n) is 4.08. The molecule has 0 aliphatic carbocycles. The van der Waals surface area contributed by atoms with Gasteiger partial charge >= 0.3 is 0 Å². The van der Waals surface area contributed by atoms with Crippen molar-refractivity contribution < 1.29 is 8.42 Å². The van der Waals surface area contributed by atoms with Gasteiger partial charge in [-0.1, -0.05) is 23.7 Å². The molecule has 2 rings (SSSR count). The topological polar surface area (TPSA) is 60.2 Å². The number of rotatable bonds is 3. The average molecular weight is 408 g/mol. The van der Waals surface area contributed by atoms with E-state index in [9.17, 15) is 8.42 Å². The monoisotopic (exact) mass is 407 g/mol. The van der Waals surface area contributed by atoms with Crippen molar-refractivity contribution in [2.24, 2.45) is 0 Å². The highest BCUT2D eigenvalue weighted by Gasteiger charge is 2.19. The molecular weight excluding hydrogens is 397 g/mol. The van der Waals surface area contributed by atoms with Gasteiger partial charge < -0.3 is 5.73 Å². The Morgan fingerprint density at radius 3 is 2.37 bits per heavy atom. The number of nitrogens with two attached hydrogens (primary N) is 1. The van der Waals surface area contributed by atoms with Crippen LogP contribution < -0.4 is 5.73 Å². The van der Waals surface area contributed by atoms with Crippen LogP contribution in [0.25, 0.3) is 0 Å². The van der Waals surface area contributed by atoms with Gasteiger partial charge in [-0.15, -0.1) is 0 Å². The zero-order valence-corrected chi connectivity index (χ0v) is 13.5. The van der Waals surface area contributed by atoms with Crippen LogP contribution in [0.1, 0.15) is 5.56 Å². The lowest BCUT2D eigenvalue weighted by molar-refractivity contribution is 0.595. The molecule has 0 aliphatic rings. The molecular formula is C13H11ClINO2S. The number of nitrogen functional groups attached to an aromatic ring is 1. The molecule has 0 fully saturated rings. The van der Waals surface area contributed by atoms with Crippen molar-refractivity contribution in [1.29, 1.82) is 0 Å². The summed E-state index contributed by atoms with van der Waals surface area (Å²) in [6.07, 6.45) is 0. The first-order valence-electron chi connectivity index (χ1n) is 5.41. The number of hydrogen-bond donors (Lipinski definition) is 1. The molecule has 0 amide bonds. The fraction of sp³-hybridized carbons (Fsp3) is 0.0769. The van der Waals surface area contributed by atoms with Gasteiger partial charge in [0.15, 0.2) is 9.84 Å². The highest BCUT2D eigenvalue weighted by Crippen LogP contribution is 2.26. The Morgan fingerprint density at radius 1 is 1.11 bits per heavy atom. The molecule has 0 saturated carbocycles. The molecule has 0 spiro atoms. The van der Waals surface area contributed by atoms with Gasteiger partial charge in [-0.3, -0.25) is 0 Å². The van der Waals surface area contributed by atoms with E-state index in [1.807, 2.05) is 12.1 Å². The second kappa shape index (κ2) is 5.68. The zero-order chi connectivity index (χ0) is 14.0. The lowest BCUT2D eigenvalue weighted by Gasteiger charge is -2.07. The van der Waals surface area contributed by atoms with E-state index in [-0.39, 0.29) is 15.7 Å². The lowest BCUT2D eigenvalue weighted by atomic mass is 10.2. The highest BCUT2D eigenvalue weighted by molar-refractivity contribution is 14.1. The summed E-state index contributed by atoms with van der Waals surface area (Å²) >= 11 is 8.10. The van der Waals surface area contributed by atoms with Crippen LogP contribution in [0.5, 0.6) is 0 Å². The Morgan fingerprint density at radius 2 is 1.74 bits per heavy atom. The van der Waals surface area contributed by atoms with Gasteiger partial charge in [0.1, 0.15) is 0 Å². The van der Waals surface area contributed by atoms with Crippen molar-refractivity contribution in [1.82, 2.24) is 0 Å². The summed E-state index contributed by atoms with van der Waals surface area (Å²) in [5.74, 6) is -0.0902. The molecule has 100 valence electrons. The Bertz CT molecular complexity index is 699. The van der Waals surface area contributed by atoms with Crippen LogP contribution in [0.2, 0.25) is 5.02 Å². The van der Waals surface area contributed by atoms with Crippen molar-refractivity contribution in [2.75, 3.05) is 5.73 Å². The Hall–Kier alpha value is -0.790. The summed E-state index contributed by atoms with van der Waals surface area (Å²) in [6.45, 7) is 0. The molecule has 0 aliphatic heterocycles. The fourth-order valence-corrected chi connectivity index (χ4v) is 3.93. The maximum absolute atomic E-state index is 12.3. The molecule has 19 heavy (non-hydrogen) atoms. The third kappa shape index (κ3) is 3.61. The minimum Gasteiger partial charge on any atom is -0.399 e. The van der Waals surface area contributed by atoms with E-state index in [2.05, 4.69) is 22.6 Å². The van der Waals surface area contributed by atoms with Crippen molar-refractivity contribution in [3.63, 3.8) is 0 Å². The van der Waals surface area contributed by atoms with Crippen molar-refractivity contribution in [2.45, 2.75) is 10.6 Å². The van der Waals surface area contributed by atoms with Crippen LogP contribution in [-0.2, 0) is 15.6 Å². The first-order chi connectivity index (χ1) is 8.88. The second-order valence-corrected chi connectivity index (χ2v) is 7.69. The van der Waals surface area contributed by atoms with E-state index in [1.165, 1.54) is 12.1 Å². The number of anilines is 1. The van der Waals surface area contributed by atoms with E-state index in [0.29, 0.717) is 5.69 Å². The standard InChI is InChI=1S/C13H11ClINO2S/c14-12-6-5-11(16)7-13(12)19(17,18)8-9-1-3-10(15)4-2-9/h1-7H,8,16H2. The molecule has 3 nitrogen and oxygen atoms in total. The average Bonchev–Trinajstić information content (AvgIpc) is 2.35. The van der Waals surface area contributed by atoms with E-state index >= 15 is 0 Å². The third-order valence-corrected chi connectivity index (χ3v) is 5.44. The number of sulfone groups is 1. The third-order valence-electron chi connectivity index (χ3n) is 2.56. The molecule has 0 heterocycles. The maximum Gasteiger partial charge on any atom is 0.184 e. The molecule has 2 aromatic carbocycles. The summed E-state index contributed by atoms with van der Waals surface area (Å²) in [6, 6.07) is 11.8. The first kappa shape index (κ1) is 14.6. The molecule has 0 atom stereocenters. The minimum atomic E-state index is -3.49. The SMILES string of the molecule is Nc1ccc(Cl)c(S(=O)(=O)Cc2ccc(I)cc2)c1.